The fraction of sp³-hybridized carbons (Fsp3) is 0.462. The van der Waals surface area contributed by atoms with E-state index in [1.54, 1.807) is 45.0 Å². The summed E-state index contributed by atoms with van der Waals surface area (Å²) >= 11 is 0. The fourth-order valence-corrected chi connectivity index (χ4v) is 3.70. The van der Waals surface area contributed by atoms with Crippen LogP contribution >= 0.6 is 0 Å². The summed E-state index contributed by atoms with van der Waals surface area (Å²) in [6.07, 6.45) is -0.205. The van der Waals surface area contributed by atoms with E-state index in [0.29, 0.717) is 5.56 Å². The molecule has 1 aromatic rings. The van der Waals surface area contributed by atoms with E-state index >= 15 is 0 Å². The highest BCUT2D eigenvalue weighted by atomic mass is 32.2. The van der Waals surface area contributed by atoms with Crippen LogP contribution in [0, 0.1) is 6.92 Å². The average molecular weight is 285 g/mol. The summed E-state index contributed by atoms with van der Waals surface area (Å²) in [5.74, 6) is -1.01. The van der Waals surface area contributed by atoms with E-state index in [1.165, 1.54) is 4.31 Å². The summed E-state index contributed by atoms with van der Waals surface area (Å²) in [5, 5.41) is 8.71. The maximum Gasteiger partial charge on any atom is 0.304 e. The zero-order chi connectivity index (χ0) is 14.6. The highest BCUT2D eigenvalue weighted by Gasteiger charge is 2.28. The molecular formula is C13H19NO4S. The SMILES string of the molecule is Cc1ccccc1S(=O)(=O)N(CCC(=O)O)C(C)C. The first-order valence-corrected chi connectivity index (χ1v) is 7.50. The van der Waals surface area contributed by atoms with Crippen molar-refractivity contribution in [3.8, 4) is 0 Å². The summed E-state index contributed by atoms with van der Waals surface area (Å²) < 4.78 is 26.3. The third-order valence-electron chi connectivity index (χ3n) is 2.80. The van der Waals surface area contributed by atoms with Gasteiger partial charge in [0.1, 0.15) is 0 Å². The van der Waals surface area contributed by atoms with Crippen molar-refractivity contribution in [3.63, 3.8) is 0 Å². The van der Waals surface area contributed by atoms with Gasteiger partial charge in [0.15, 0.2) is 0 Å². The second-order valence-corrected chi connectivity index (χ2v) is 6.48. The first kappa shape index (κ1) is 15.7. The Morgan fingerprint density at radius 2 is 1.89 bits per heavy atom. The van der Waals surface area contributed by atoms with Crippen molar-refractivity contribution < 1.29 is 18.3 Å². The van der Waals surface area contributed by atoms with E-state index in [2.05, 4.69) is 0 Å². The van der Waals surface area contributed by atoms with Crippen LogP contribution in [0.2, 0.25) is 0 Å². The molecule has 0 amide bonds. The molecule has 0 radical (unpaired) electrons. The monoisotopic (exact) mass is 285 g/mol. The Morgan fingerprint density at radius 3 is 2.37 bits per heavy atom. The molecule has 6 heteroatoms. The maximum atomic E-state index is 12.5. The van der Waals surface area contributed by atoms with Crippen LogP contribution in [0.4, 0.5) is 0 Å². The number of carboxylic acids is 1. The van der Waals surface area contributed by atoms with Crippen LogP contribution in [0.15, 0.2) is 29.2 Å². The lowest BCUT2D eigenvalue weighted by molar-refractivity contribution is -0.137. The highest BCUT2D eigenvalue weighted by Crippen LogP contribution is 2.21. The minimum absolute atomic E-state index is 0.0241. The third kappa shape index (κ3) is 3.78. The third-order valence-corrected chi connectivity index (χ3v) is 5.04. The van der Waals surface area contributed by atoms with Crippen LogP contribution in [0.3, 0.4) is 0 Å². The lowest BCUT2D eigenvalue weighted by atomic mass is 10.2. The molecule has 0 aliphatic heterocycles. The number of nitrogens with zero attached hydrogens (tertiary/aromatic N) is 1. The molecule has 19 heavy (non-hydrogen) atoms. The second-order valence-electron chi connectivity index (χ2n) is 4.62. The predicted molar refractivity (Wildman–Crippen MR) is 72.5 cm³/mol. The molecule has 0 atom stereocenters. The number of hydrogen-bond donors (Lipinski definition) is 1. The first-order valence-electron chi connectivity index (χ1n) is 6.06. The van der Waals surface area contributed by atoms with Crippen LogP contribution in [0.1, 0.15) is 25.8 Å². The van der Waals surface area contributed by atoms with E-state index in [0.717, 1.165) is 0 Å². The maximum absolute atomic E-state index is 12.5. The molecule has 0 fully saturated rings. The van der Waals surface area contributed by atoms with Crippen LogP contribution in [-0.4, -0.2) is 36.4 Å². The van der Waals surface area contributed by atoms with Crippen molar-refractivity contribution in [2.45, 2.75) is 38.1 Å². The van der Waals surface area contributed by atoms with Gasteiger partial charge in [-0.15, -0.1) is 0 Å². The molecule has 1 rings (SSSR count). The van der Waals surface area contributed by atoms with Gasteiger partial charge in [0.2, 0.25) is 10.0 Å². The quantitative estimate of drug-likeness (QED) is 0.865. The Balaban J connectivity index is 3.14. The van der Waals surface area contributed by atoms with Gasteiger partial charge in [-0.2, -0.15) is 4.31 Å². The molecule has 0 spiro atoms. The van der Waals surface area contributed by atoms with Crippen molar-refractivity contribution in [2.24, 2.45) is 0 Å². The predicted octanol–water partition coefficient (Wildman–Crippen LogP) is 1.87. The summed E-state index contributed by atoms with van der Waals surface area (Å²) in [7, 11) is -3.66. The molecule has 0 unspecified atom stereocenters. The largest absolute Gasteiger partial charge is 0.481 e. The molecule has 0 saturated carbocycles. The van der Waals surface area contributed by atoms with Gasteiger partial charge < -0.3 is 5.11 Å². The lowest BCUT2D eigenvalue weighted by Gasteiger charge is -2.26. The highest BCUT2D eigenvalue weighted by molar-refractivity contribution is 7.89. The molecule has 0 aromatic heterocycles. The van der Waals surface area contributed by atoms with Gasteiger partial charge in [0.25, 0.3) is 0 Å². The number of sulfonamides is 1. The van der Waals surface area contributed by atoms with E-state index in [4.69, 9.17) is 5.11 Å². The number of rotatable bonds is 6. The number of benzene rings is 1. The summed E-state index contributed by atoms with van der Waals surface area (Å²) in [4.78, 5) is 10.9. The molecule has 0 bridgehead atoms. The molecule has 1 aromatic carbocycles. The number of aryl methyl sites for hydroxylation is 1. The Bertz CT molecular complexity index is 552. The lowest BCUT2D eigenvalue weighted by Crippen LogP contribution is -2.38. The smallest absolute Gasteiger partial charge is 0.304 e. The normalized spacial score (nSPS) is 12.1. The summed E-state index contributed by atoms with van der Waals surface area (Å²) in [6.45, 7) is 5.17. The Labute approximate surface area is 113 Å². The van der Waals surface area contributed by atoms with Crippen LogP contribution in [0.25, 0.3) is 0 Å². The Morgan fingerprint density at radius 1 is 1.32 bits per heavy atom. The molecule has 0 aliphatic carbocycles. The summed E-state index contributed by atoms with van der Waals surface area (Å²) in [6, 6.07) is 6.41. The van der Waals surface area contributed by atoms with Gasteiger partial charge in [-0.25, -0.2) is 8.42 Å². The van der Waals surface area contributed by atoms with Gasteiger partial charge in [-0.3, -0.25) is 4.79 Å². The molecule has 106 valence electrons. The number of hydrogen-bond acceptors (Lipinski definition) is 3. The van der Waals surface area contributed by atoms with E-state index in [9.17, 15) is 13.2 Å². The van der Waals surface area contributed by atoms with Crippen molar-refractivity contribution >= 4 is 16.0 Å². The molecule has 0 heterocycles. The number of carboxylic acid groups (broad SMARTS) is 1. The average Bonchev–Trinajstić information content (AvgIpc) is 2.28. The molecular weight excluding hydrogens is 266 g/mol. The molecule has 1 N–H and O–H groups in total. The molecule has 0 aliphatic rings. The van der Waals surface area contributed by atoms with Crippen molar-refractivity contribution in [2.75, 3.05) is 6.54 Å². The standard InChI is InChI=1S/C13H19NO4S/c1-10(2)14(9-8-13(15)16)19(17,18)12-7-5-4-6-11(12)3/h4-7,10H,8-9H2,1-3H3,(H,15,16). The van der Waals surface area contributed by atoms with E-state index in [1.807, 2.05) is 0 Å². The van der Waals surface area contributed by atoms with Gasteiger partial charge in [-0.05, 0) is 32.4 Å². The van der Waals surface area contributed by atoms with E-state index in [-0.39, 0.29) is 23.9 Å². The van der Waals surface area contributed by atoms with Gasteiger partial charge >= 0.3 is 5.97 Å². The van der Waals surface area contributed by atoms with Crippen molar-refractivity contribution in [1.29, 1.82) is 0 Å². The zero-order valence-electron chi connectivity index (χ0n) is 11.3. The van der Waals surface area contributed by atoms with Crippen LogP contribution < -0.4 is 0 Å². The minimum atomic E-state index is -3.66. The first-order chi connectivity index (χ1) is 8.76. The van der Waals surface area contributed by atoms with Gasteiger partial charge in [0, 0.05) is 12.6 Å². The Kier molecular flexibility index (Phi) is 5.08. The minimum Gasteiger partial charge on any atom is -0.481 e. The zero-order valence-corrected chi connectivity index (χ0v) is 12.1. The molecule has 0 saturated heterocycles. The van der Waals surface area contributed by atoms with Gasteiger partial charge in [-0.1, -0.05) is 18.2 Å². The van der Waals surface area contributed by atoms with Crippen molar-refractivity contribution in [1.82, 2.24) is 4.31 Å². The van der Waals surface area contributed by atoms with E-state index < -0.39 is 16.0 Å². The second kappa shape index (κ2) is 6.16. The fourth-order valence-electron chi connectivity index (χ4n) is 1.83. The van der Waals surface area contributed by atoms with Crippen molar-refractivity contribution in [3.05, 3.63) is 29.8 Å². The number of carbonyl (C=O) groups is 1. The van der Waals surface area contributed by atoms with Crippen LogP contribution in [0.5, 0.6) is 0 Å². The van der Waals surface area contributed by atoms with Crippen LogP contribution in [-0.2, 0) is 14.8 Å². The molecule has 5 nitrogen and oxygen atoms in total. The van der Waals surface area contributed by atoms with Gasteiger partial charge in [0.05, 0.1) is 11.3 Å². The summed E-state index contributed by atoms with van der Waals surface area (Å²) in [5.41, 5.74) is 0.656. The Hall–Kier alpha value is -1.40. The topological polar surface area (TPSA) is 74.7 Å². The number of aliphatic carboxylic acids is 1.